The first-order chi connectivity index (χ1) is 18.5. The van der Waals surface area contributed by atoms with Gasteiger partial charge in [-0.2, -0.15) is 0 Å². The number of benzene rings is 3. The van der Waals surface area contributed by atoms with Crippen molar-refractivity contribution in [1.82, 2.24) is 10.2 Å². The quantitative estimate of drug-likeness (QED) is 0.346. The topological polar surface area (TPSA) is 96.0 Å². The summed E-state index contributed by atoms with van der Waals surface area (Å²) >= 11 is 0. The Morgan fingerprint density at radius 2 is 1.49 bits per heavy atom. The van der Waals surface area contributed by atoms with E-state index in [9.17, 15) is 18.0 Å². The Kier molecular flexibility index (Phi) is 10.1. The van der Waals surface area contributed by atoms with Crippen LogP contribution in [0, 0.1) is 6.92 Å². The Balaban J connectivity index is 1.90. The third-order valence-electron chi connectivity index (χ3n) is 6.20. The summed E-state index contributed by atoms with van der Waals surface area (Å²) in [6.45, 7) is 7.22. The highest BCUT2D eigenvalue weighted by Gasteiger charge is 2.32. The maximum Gasteiger partial charge on any atom is 0.244 e. The van der Waals surface area contributed by atoms with Gasteiger partial charge in [0.15, 0.2) is 0 Å². The fourth-order valence-electron chi connectivity index (χ4n) is 4.19. The molecule has 0 aliphatic heterocycles. The summed E-state index contributed by atoms with van der Waals surface area (Å²) in [6, 6.07) is 22.5. The van der Waals surface area contributed by atoms with E-state index in [2.05, 4.69) is 5.32 Å². The molecule has 9 heteroatoms. The van der Waals surface area contributed by atoms with Crippen LogP contribution in [0.15, 0.2) is 78.9 Å². The van der Waals surface area contributed by atoms with Crippen LogP contribution < -0.4 is 14.4 Å². The average Bonchev–Trinajstić information content (AvgIpc) is 2.88. The number of carbonyl (C=O) groups is 2. The fourth-order valence-corrected chi connectivity index (χ4v) is 5.04. The minimum Gasteiger partial charge on any atom is -0.457 e. The standard InChI is InChI=1S/C30H37N3O5S/c1-6-28(30(35)31-22(2)3)32(20-24-13-11-10-12-23(24)4)29(34)21-33(39(5,36)37)25-16-18-27(19-17-25)38-26-14-8-7-9-15-26/h7-19,22,28H,6,20-21H2,1-5H3,(H,31,35). The van der Waals surface area contributed by atoms with E-state index in [4.69, 9.17) is 4.74 Å². The minimum absolute atomic E-state index is 0.105. The predicted octanol–water partition coefficient (Wildman–Crippen LogP) is 4.89. The summed E-state index contributed by atoms with van der Waals surface area (Å²) < 4.78 is 32.6. The summed E-state index contributed by atoms with van der Waals surface area (Å²) in [6.07, 6.45) is 1.43. The van der Waals surface area contributed by atoms with E-state index in [1.165, 1.54) is 4.90 Å². The molecule has 0 saturated heterocycles. The molecule has 0 saturated carbocycles. The number of amides is 2. The molecule has 1 unspecified atom stereocenters. The highest BCUT2D eigenvalue weighted by atomic mass is 32.2. The maximum atomic E-state index is 13.8. The zero-order chi connectivity index (χ0) is 28.6. The molecule has 0 radical (unpaired) electrons. The van der Waals surface area contributed by atoms with Gasteiger partial charge in [-0.25, -0.2) is 8.42 Å². The van der Waals surface area contributed by atoms with Crippen molar-refractivity contribution in [1.29, 1.82) is 0 Å². The zero-order valence-corrected chi connectivity index (χ0v) is 23.9. The molecule has 3 aromatic rings. The second kappa shape index (κ2) is 13.3. The lowest BCUT2D eigenvalue weighted by Crippen LogP contribution is -2.53. The fraction of sp³-hybridized carbons (Fsp3) is 0.333. The van der Waals surface area contributed by atoms with Gasteiger partial charge in [-0.05, 0) is 74.7 Å². The number of ether oxygens (including phenoxy) is 1. The van der Waals surface area contributed by atoms with Gasteiger partial charge >= 0.3 is 0 Å². The highest BCUT2D eigenvalue weighted by molar-refractivity contribution is 7.92. The van der Waals surface area contributed by atoms with Crippen molar-refractivity contribution in [2.75, 3.05) is 17.1 Å². The molecule has 2 amide bonds. The van der Waals surface area contributed by atoms with E-state index < -0.39 is 28.5 Å². The van der Waals surface area contributed by atoms with E-state index >= 15 is 0 Å². The molecular weight excluding hydrogens is 514 g/mol. The van der Waals surface area contributed by atoms with Crippen LogP contribution in [-0.2, 0) is 26.2 Å². The van der Waals surface area contributed by atoms with E-state index in [0.717, 1.165) is 21.7 Å². The smallest absolute Gasteiger partial charge is 0.244 e. The maximum absolute atomic E-state index is 13.8. The lowest BCUT2D eigenvalue weighted by Gasteiger charge is -2.33. The third kappa shape index (κ3) is 8.32. The van der Waals surface area contributed by atoms with Crippen LogP contribution in [0.5, 0.6) is 11.5 Å². The normalized spacial score (nSPS) is 12.1. The zero-order valence-electron chi connectivity index (χ0n) is 23.1. The van der Waals surface area contributed by atoms with Crippen LogP contribution in [-0.4, -0.2) is 50.0 Å². The Hall–Kier alpha value is -3.85. The van der Waals surface area contributed by atoms with Gasteiger partial charge in [0.05, 0.1) is 11.9 Å². The van der Waals surface area contributed by atoms with E-state index in [0.29, 0.717) is 23.6 Å². The van der Waals surface area contributed by atoms with Gasteiger partial charge in [0.25, 0.3) is 0 Å². The largest absolute Gasteiger partial charge is 0.457 e. The monoisotopic (exact) mass is 551 g/mol. The number of hydrogen-bond acceptors (Lipinski definition) is 5. The number of sulfonamides is 1. The average molecular weight is 552 g/mol. The first-order valence-corrected chi connectivity index (χ1v) is 14.8. The number of aryl methyl sites for hydroxylation is 1. The van der Waals surface area contributed by atoms with Crippen molar-refractivity contribution in [3.8, 4) is 11.5 Å². The number of hydrogen-bond donors (Lipinski definition) is 1. The summed E-state index contributed by atoms with van der Waals surface area (Å²) in [4.78, 5) is 28.4. The SMILES string of the molecule is CCC(C(=O)NC(C)C)N(Cc1ccccc1C)C(=O)CN(c1ccc(Oc2ccccc2)cc1)S(C)(=O)=O. The van der Waals surface area contributed by atoms with Gasteiger partial charge < -0.3 is 15.0 Å². The number of carbonyl (C=O) groups excluding carboxylic acids is 2. The van der Waals surface area contributed by atoms with E-state index in [1.54, 1.807) is 24.3 Å². The molecule has 39 heavy (non-hydrogen) atoms. The molecule has 0 fully saturated rings. The van der Waals surface area contributed by atoms with Gasteiger partial charge in [-0.1, -0.05) is 49.4 Å². The first-order valence-electron chi connectivity index (χ1n) is 12.9. The Morgan fingerprint density at radius 1 is 0.897 bits per heavy atom. The molecule has 208 valence electrons. The molecule has 3 rings (SSSR count). The third-order valence-corrected chi connectivity index (χ3v) is 7.34. The van der Waals surface area contributed by atoms with Crippen LogP contribution >= 0.6 is 0 Å². The number of rotatable bonds is 12. The van der Waals surface area contributed by atoms with Gasteiger partial charge in [-0.3, -0.25) is 13.9 Å². The van der Waals surface area contributed by atoms with Gasteiger partial charge in [-0.15, -0.1) is 0 Å². The number of anilines is 1. The van der Waals surface area contributed by atoms with Gasteiger partial charge in [0.2, 0.25) is 21.8 Å². The summed E-state index contributed by atoms with van der Waals surface area (Å²) in [5.41, 5.74) is 2.18. The molecule has 3 aromatic carbocycles. The van der Waals surface area contributed by atoms with Crippen molar-refractivity contribution in [3.05, 3.63) is 90.0 Å². The van der Waals surface area contributed by atoms with Crippen molar-refractivity contribution in [2.45, 2.75) is 52.7 Å². The lowest BCUT2D eigenvalue weighted by molar-refractivity contribution is -0.140. The Labute approximate surface area is 231 Å². The minimum atomic E-state index is -3.83. The first kappa shape index (κ1) is 29.7. The van der Waals surface area contributed by atoms with Crippen molar-refractivity contribution < 1.29 is 22.7 Å². The molecule has 1 N–H and O–H groups in total. The highest BCUT2D eigenvalue weighted by Crippen LogP contribution is 2.26. The number of nitrogens with one attached hydrogen (secondary N) is 1. The van der Waals surface area contributed by atoms with Crippen LogP contribution in [0.1, 0.15) is 38.3 Å². The van der Waals surface area contributed by atoms with Crippen LogP contribution in [0.3, 0.4) is 0 Å². The number of para-hydroxylation sites is 1. The molecule has 0 aliphatic rings. The van der Waals surface area contributed by atoms with Crippen LogP contribution in [0.4, 0.5) is 5.69 Å². The molecule has 0 aromatic heterocycles. The van der Waals surface area contributed by atoms with E-state index in [-0.39, 0.29) is 18.5 Å². The molecule has 0 bridgehead atoms. The van der Waals surface area contributed by atoms with Gasteiger partial charge in [0, 0.05) is 12.6 Å². The molecule has 0 heterocycles. The van der Waals surface area contributed by atoms with Crippen LogP contribution in [0.25, 0.3) is 0 Å². The van der Waals surface area contributed by atoms with E-state index in [1.807, 2.05) is 82.3 Å². The van der Waals surface area contributed by atoms with Gasteiger partial charge in [0.1, 0.15) is 24.1 Å². The van der Waals surface area contributed by atoms with Crippen molar-refractivity contribution >= 4 is 27.5 Å². The second-order valence-electron chi connectivity index (χ2n) is 9.71. The van der Waals surface area contributed by atoms with Crippen LogP contribution in [0.2, 0.25) is 0 Å². The summed E-state index contributed by atoms with van der Waals surface area (Å²) in [5.74, 6) is 0.432. The molecular formula is C30H37N3O5S. The second-order valence-corrected chi connectivity index (χ2v) is 11.6. The number of nitrogens with zero attached hydrogens (tertiary/aromatic N) is 2. The molecule has 0 aliphatic carbocycles. The molecule has 8 nitrogen and oxygen atoms in total. The lowest BCUT2D eigenvalue weighted by atomic mass is 10.1. The summed E-state index contributed by atoms with van der Waals surface area (Å²) in [7, 11) is -3.83. The summed E-state index contributed by atoms with van der Waals surface area (Å²) in [5, 5.41) is 2.89. The Bertz CT molecular complexity index is 1360. The molecule has 1 atom stereocenters. The Morgan fingerprint density at radius 3 is 2.05 bits per heavy atom. The van der Waals surface area contributed by atoms with Crippen molar-refractivity contribution in [3.63, 3.8) is 0 Å². The molecule has 0 spiro atoms. The van der Waals surface area contributed by atoms with Crippen molar-refractivity contribution in [2.24, 2.45) is 0 Å². The predicted molar refractivity (Wildman–Crippen MR) is 154 cm³/mol.